The first-order valence-electron chi connectivity index (χ1n) is 9.47. The van der Waals surface area contributed by atoms with Crippen LogP contribution in [0.3, 0.4) is 0 Å². The smallest absolute Gasteiger partial charge is 0.327 e. The zero-order valence-electron chi connectivity index (χ0n) is 16.2. The number of hydrogen-bond acceptors (Lipinski definition) is 4. The molecule has 0 aliphatic carbocycles. The van der Waals surface area contributed by atoms with Gasteiger partial charge in [-0.3, -0.25) is 4.18 Å². The van der Waals surface area contributed by atoms with Gasteiger partial charge < -0.3 is 4.98 Å². The maximum atomic E-state index is 12.1. The third kappa shape index (κ3) is 8.09. The van der Waals surface area contributed by atoms with Crippen molar-refractivity contribution in [2.45, 2.75) is 76.3 Å². The van der Waals surface area contributed by atoms with E-state index in [1.54, 1.807) is 12.1 Å². The van der Waals surface area contributed by atoms with Crippen LogP contribution in [0.2, 0.25) is 0 Å². The van der Waals surface area contributed by atoms with Crippen LogP contribution in [0.25, 0.3) is 11.0 Å². The number of rotatable bonds is 13. The van der Waals surface area contributed by atoms with Crippen LogP contribution in [0.4, 0.5) is 0 Å². The van der Waals surface area contributed by atoms with Crippen LogP contribution in [0.15, 0.2) is 29.4 Å². The number of nitrogens with one attached hydrogen (secondary N) is 1. The molecule has 0 atom stereocenters. The van der Waals surface area contributed by atoms with Crippen molar-refractivity contribution in [3.63, 3.8) is 0 Å². The molecule has 1 radical (unpaired) electrons. The number of unbranched alkanes of at least 4 members (excludes halogenated alkanes) is 9. The molecule has 7 heteroatoms. The van der Waals surface area contributed by atoms with E-state index in [0.29, 0.717) is 11.0 Å². The van der Waals surface area contributed by atoms with E-state index in [1.807, 2.05) is 12.1 Å². The molecule has 5 nitrogen and oxygen atoms in total. The van der Waals surface area contributed by atoms with E-state index in [9.17, 15) is 8.42 Å². The van der Waals surface area contributed by atoms with Crippen molar-refractivity contribution in [1.82, 2.24) is 9.97 Å². The molecule has 0 spiro atoms. The van der Waals surface area contributed by atoms with Gasteiger partial charge >= 0.3 is 10.1 Å². The van der Waals surface area contributed by atoms with E-state index in [2.05, 4.69) is 16.9 Å². The Morgan fingerprint density at radius 3 is 2.12 bits per heavy atom. The molecule has 2 aromatic rings. The molecular weight excluding hydrogens is 359 g/mol. The fourth-order valence-electron chi connectivity index (χ4n) is 2.86. The molecule has 0 fully saturated rings. The molecule has 2 rings (SSSR count). The molecule has 0 aliphatic heterocycles. The Kier molecular flexibility index (Phi) is 11.7. The fourth-order valence-corrected chi connectivity index (χ4v) is 3.76. The minimum atomic E-state index is -3.80. The summed E-state index contributed by atoms with van der Waals surface area (Å²) in [6, 6.07) is 7.22. The number of para-hydroxylation sites is 2. The summed E-state index contributed by atoms with van der Waals surface area (Å²) in [5, 5.41) is -0.110. The Balaban J connectivity index is 0.00000338. The first-order valence-corrected chi connectivity index (χ1v) is 10.9. The van der Waals surface area contributed by atoms with Gasteiger partial charge in [0.15, 0.2) is 0 Å². The normalized spacial score (nSPS) is 11.6. The molecule has 0 saturated carbocycles. The van der Waals surface area contributed by atoms with Gasteiger partial charge in [0, 0.05) is 29.6 Å². The largest absolute Gasteiger partial charge is 0.331 e. The van der Waals surface area contributed by atoms with Crippen LogP contribution in [-0.4, -0.2) is 54.5 Å². The van der Waals surface area contributed by atoms with Crippen molar-refractivity contribution >= 4 is 50.7 Å². The van der Waals surface area contributed by atoms with Gasteiger partial charge in [0.1, 0.15) is 0 Å². The zero-order valence-corrected chi connectivity index (χ0v) is 19.0. The SMILES string of the molecule is CCCCCCCCCCCCOS(=O)(=O)c1nc2ccccc2[nH]1.[Na]. The molecular formula is C19H30N2NaO3S. The minimum Gasteiger partial charge on any atom is -0.327 e. The van der Waals surface area contributed by atoms with Crippen LogP contribution in [0, 0.1) is 0 Å². The second-order valence-corrected chi connectivity index (χ2v) is 8.05. The number of hydrogen-bond donors (Lipinski definition) is 1. The van der Waals surface area contributed by atoms with Gasteiger partial charge in [0.05, 0.1) is 17.6 Å². The molecule has 26 heavy (non-hydrogen) atoms. The Morgan fingerprint density at radius 1 is 0.923 bits per heavy atom. The van der Waals surface area contributed by atoms with Gasteiger partial charge in [-0.25, -0.2) is 4.98 Å². The minimum absolute atomic E-state index is 0. The van der Waals surface area contributed by atoms with Crippen molar-refractivity contribution in [1.29, 1.82) is 0 Å². The average molecular weight is 390 g/mol. The van der Waals surface area contributed by atoms with Gasteiger partial charge in [-0.1, -0.05) is 76.8 Å². The van der Waals surface area contributed by atoms with Crippen LogP contribution in [-0.2, 0) is 14.3 Å². The predicted molar refractivity (Wildman–Crippen MR) is 107 cm³/mol. The third-order valence-electron chi connectivity index (χ3n) is 4.34. The van der Waals surface area contributed by atoms with Crippen molar-refractivity contribution in [2.24, 2.45) is 0 Å². The number of benzene rings is 1. The van der Waals surface area contributed by atoms with E-state index in [-0.39, 0.29) is 41.3 Å². The summed E-state index contributed by atoms with van der Waals surface area (Å²) in [5.74, 6) is 0. The maximum absolute atomic E-state index is 12.1. The van der Waals surface area contributed by atoms with E-state index in [4.69, 9.17) is 4.18 Å². The second-order valence-electron chi connectivity index (χ2n) is 6.52. The Labute approximate surface area is 179 Å². The third-order valence-corrected chi connectivity index (χ3v) is 5.48. The summed E-state index contributed by atoms with van der Waals surface area (Å²) in [4.78, 5) is 6.89. The van der Waals surface area contributed by atoms with E-state index < -0.39 is 10.1 Å². The number of imidazole rings is 1. The van der Waals surface area contributed by atoms with E-state index in [0.717, 1.165) is 19.3 Å². The van der Waals surface area contributed by atoms with Crippen LogP contribution in [0.5, 0.6) is 0 Å². The van der Waals surface area contributed by atoms with Crippen LogP contribution in [0.1, 0.15) is 71.1 Å². The summed E-state index contributed by atoms with van der Waals surface area (Å²) in [6.45, 7) is 2.45. The summed E-state index contributed by atoms with van der Waals surface area (Å²) >= 11 is 0. The summed E-state index contributed by atoms with van der Waals surface area (Å²) < 4.78 is 29.4. The van der Waals surface area contributed by atoms with Crippen LogP contribution < -0.4 is 0 Å². The number of H-pyrrole nitrogens is 1. The topological polar surface area (TPSA) is 72.1 Å². The molecule has 1 heterocycles. The second kappa shape index (κ2) is 12.9. The van der Waals surface area contributed by atoms with Crippen molar-refractivity contribution in [2.75, 3.05) is 6.61 Å². The number of aromatic nitrogens is 2. The summed E-state index contributed by atoms with van der Waals surface area (Å²) in [7, 11) is -3.80. The number of fused-ring (bicyclic) bond motifs is 1. The molecule has 1 aromatic carbocycles. The van der Waals surface area contributed by atoms with Gasteiger partial charge in [0.2, 0.25) is 0 Å². The first kappa shape index (κ1) is 23.6. The van der Waals surface area contributed by atoms with Crippen molar-refractivity contribution in [3.05, 3.63) is 24.3 Å². The molecule has 1 N–H and O–H groups in total. The average Bonchev–Trinajstić information content (AvgIpc) is 3.05. The Bertz CT molecular complexity index is 698. The van der Waals surface area contributed by atoms with Gasteiger partial charge in [-0.05, 0) is 18.6 Å². The fraction of sp³-hybridized carbons (Fsp3) is 0.632. The Hall–Kier alpha value is -0.400. The van der Waals surface area contributed by atoms with Gasteiger partial charge in [-0.2, -0.15) is 8.42 Å². The molecule has 0 aliphatic rings. The van der Waals surface area contributed by atoms with E-state index in [1.165, 1.54) is 44.9 Å². The van der Waals surface area contributed by atoms with Crippen LogP contribution >= 0.6 is 0 Å². The quantitative estimate of drug-likeness (QED) is 0.303. The molecule has 1 aromatic heterocycles. The van der Waals surface area contributed by atoms with Crippen molar-refractivity contribution < 1.29 is 12.6 Å². The zero-order chi connectivity index (χ0) is 18.0. The standard InChI is InChI=1S/C19H30N2O3S.Na/c1-2-3-4-5-6-7-8-9-10-13-16-24-25(22,23)19-20-17-14-11-12-15-18(17)21-19;/h11-12,14-15H,2-10,13,16H2,1H3,(H,20,21);. The number of nitrogens with zero attached hydrogens (tertiary/aromatic N) is 1. The summed E-state index contributed by atoms with van der Waals surface area (Å²) in [5.41, 5.74) is 1.33. The van der Waals surface area contributed by atoms with Crippen molar-refractivity contribution in [3.8, 4) is 0 Å². The van der Waals surface area contributed by atoms with Gasteiger partial charge in [0.25, 0.3) is 5.16 Å². The molecule has 141 valence electrons. The Morgan fingerprint density at radius 2 is 1.50 bits per heavy atom. The number of aromatic amines is 1. The molecule has 0 amide bonds. The monoisotopic (exact) mass is 389 g/mol. The first-order chi connectivity index (χ1) is 12.1. The van der Waals surface area contributed by atoms with Gasteiger partial charge in [-0.15, -0.1) is 0 Å². The summed E-state index contributed by atoms with van der Waals surface area (Å²) in [6.07, 6.45) is 12.0. The predicted octanol–water partition coefficient (Wildman–Crippen LogP) is 4.81. The molecule has 0 unspecified atom stereocenters. The molecule has 0 bridgehead atoms. The maximum Gasteiger partial charge on any atom is 0.331 e. The van der Waals surface area contributed by atoms with E-state index >= 15 is 0 Å². The molecule has 0 saturated heterocycles.